The molecule has 0 radical (unpaired) electrons. The van der Waals surface area contributed by atoms with E-state index in [0.717, 1.165) is 20.4 Å². The van der Waals surface area contributed by atoms with Gasteiger partial charge in [-0.25, -0.2) is 0 Å². The van der Waals surface area contributed by atoms with Crippen molar-refractivity contribution in [2.24, 2.45) is 5.73 Å². The molecule has 100 valence electrons. The van der Waals surface area contributed by atoms with Crippen LogP contribution in [0.4, 0.5) is 0 Å². The van der Waals surface area contributed by atoms with Gasteiger partial charge in [0.1, 0.15) is 0 Å². The molecule has 0 amide bonds. The Morgan fingerprint density at radius 3 is 2.47 bits per heavy atom. The van der Waals surface area contributed by atoms with Crippen molar-refractivity contribution in [3.05, 3.63) is 59.1 Å². The Labute approximate surface area is 122 Å². The lowest BCUT2D eigenvalue weighted by Crippen LogP contribution is -2.12. The fraction of sp³-hybridized carbons (Fsp3) is 0.200. The van der Waals surface area contributed by atoms with Crippen molar-refractivity contribution in [1.82, 2.24) is 0 Å². The molecule has 2 rings (SSSR count). The first-order valence-electron chi connectivity index (χ1n) is 6.09. The third kappa shape index (κ3) is 3.98. The highest BCUT2D eigenvalue weighted by Gasteiger charge is 2.11. The molecule has 0 bridgehead atoms. The first-order valence-corrected chi connectivity index (χ1v) is 7.29. The van der Waals surface area contributed by atoms with Gasteiger partial charge in [0.05, 0.1) is 0 Å². The van der Waals surface area contributed by atoms with E-state index in [2.05, 4.69) is 0 Å². The summed E-state index contributed by atoms with van der Waals surface area (Å²) in [6.07, 6.45) is 0.568. The molecule has 0 heterocycles. The van der Waals surface area contributed by atoms with Gasteiger partial charge < -0.3 is 10.8 Å². The van der Waals surface area contributed by atoms with Gasteiger partial charge in [-0.2, -0.15) is 0 Å². The highest BCUT2D eigenvalue weighted by molar-refractivity contribution is 7.99. The Balaban J connectivity index is 2.22. The van der Waals surface area contributed by atoms with Crippen molar-refractivity contribution in [1.29, 1.82) is 0 Å². The zero-order valence-corrected chi connectivity index (χ0v) is 12.0. The first kappa shape index (κ1) is 14.4. The molecule has 2 aromatic rings. The molecule has 0 aliphatic heterocycles. The zero-order chi connectivity index (χ0) is 13.7. The van der Waals surface area contributed by atoms with Crippen LogP contribution in [0.25, 0.3) is 0 Å². The number of hydrogen-bond acceptors (Lipinski definition) is 3. The van der Waals surface area contributed by atoms with Crippen LogP contribution >= 0.6 is 23.4 Å². The number of hydrogen-bond donors (Lipinski definition) is 2. The number of halogens is 1. The summed E-state index contributed by atoms with van der Waals surface area (Å²) in [7, 11) is 0. The molecule has 0 aliphatic carbocycles. The summed E-state index contributed by atoms with van der Waals surface area (Å²) < 4.78 is 0. The maximum Gasteiger partial charge on any atom is 0.0449 e. The molecule has 0 spiro atoms. The number of aliphatic hydroxyl groups is 1. The topological polar surface area (TPSA) is 46.2 Å². The van der Waals surface area contributed by atoms with Crippen LogP contribution in [-0.2, 0) is 0 Å². The highest BCUT2D eigenvalue weighted by Crippen LogP contribution is 2.33. The SMILES string of the molecule is N[C@@H](CCO)c1ccccc1Sc1ccc(Cl)cc1. The minimum absolute atomic E-state index is 0.0983. The lowest BCUT2D eigenvalue weighted by Gasteiger charge is -2.15. The van der Waals surface area contributed by atoms with Crippen LogP contribution in [0.2, 0.25) is 5.02 Å². The summed E-state index contributed by atoms with van der Waals surface area (Å²) in [5, 5.41) is 9.74. The Bertz CT molecular complexity index is 530. The minimum atomic E-state index is -0.138. The lowest BCUT2D eigenvalue weighted by atomic mass is 10.1. The van der Waals surface area contributed by atoms with Crippen molar-refractivity contribution in [2.75, 3.05) is 6.61 Å². The summed E-state index contributed by atoms with van der Waals surface area (Å²) in [5.74, 6) is 0. The maximum atomic E-state index is 9.01. The van der Waals surface area contributed by atoms with Crippen LogP contribution in [-0.4, -0.2) is 11.7 Å². The van der Waals surface area contributed by atoms with Gasteiger partial charge in [0.15, 0.2) is 0 Å². The first-order chi connectivity index (χ1) is 9.20. The van der Waals surface area contributed by atoms with Gasteiger partial charge in [-0.15, -0.1) is 0 Å². The third-order valence-electron chi connectivity index (χ3n) is 2.80. The van der Waals surface area contributed by atoms with Crippen LogP contribution in [0.5, 0.6) is 0 Å². The molecule has 0 unspecified atom stereocenters. The van der Waals surface area contributed by atoms with Gasteiger partial charge in [-0.1, -0.05) is 41.6 Å². The van der Waals surface area contributed by atoms with Crippen molar-refractivity contribution in [2.45, 2.75) is 22.3 Å². The molecular formula is C15H16ClNOS. The van der Waals surface area contributed by atoms with Gasteiger partial charge in [-0.05, 0) is 42.3 Å². The summed E-state index contributed by atoms with van der Waals surface area (Å²) in [4.78, 5) is 2.24. The van der Waals surface area contributed by atoms with Crippen LogP contribution < -0.4 is 5.73 Å². The van der Waals surface area contributed by atoms with E-state index in [0.29, 0.717) is 6.42 Å². The van der Waals surface area contributed by atoms with Gasteiger partial charge in [-0.3, -0.25) is 0 Å². The molecule has 0 aliphatic rings. The monoisotopic (exact) mass is 293 g/mol. The van der Waals surface area contributed by atoms with Crippen molar-refractivity contribution < 1.29 is 5.11 Å². The largest absolute Gasteiger partial charge is 0.396 e. The average Bonchev–Trinajstić information content (AvgIpc) is 2.42. The maximum absolute atomic E-state index is 9.01. The smallest absolute Gasteiger partial charge is 0.0449 e. The molecule has 3 N–H and O–H groups in total. The standard InChI is InChI=1S/C15H16ClNOS/c16-11-5-7-12(8-6-11)19-15-4-2-1-3-13(15)14(17)9-10-18/h1-8,14,18H,9-10,17H2/t14-/m0/s1. The molecular weight excluding hydrogens is 278 g/mol. The van der Waals surface area contributed by atoms with Crippen molar-refractivity contribution in [3.8, 4) is 0 Å². The van der Waals surface area contributed by atoms with E-state index in [1.54, 1.807) is 11.8 Å². The summed E-state index contributed by atoms with van der Waals surface area (Å²) in [6.45, 7) is 0.0983. The second-order valence-corrected chi connectivity index (χ2v) is 5.76. The van der Waals surface area contributed by atoms with E-state index in [-0.39, 0.29) is 12.6 Å². The fourth-order valence-corrected chi connectivity index (χ4v) is 2.94. The van der Waals surface area contributed by atoms with Crippen LogP contribution in [0.15, 0.2) is 58.3 Å². The van der Waals surface area contributed by atoms with E-state index >= 15 is 0 Å². The normalized spacial score (nSPS) is 12.4. The molecule has 0 aromatic heterocycles. The Kier molecular flexibility index (Phi) is 5.28. The van der Waals surface area contributed by atoms with Crippen molar-refractivity contribution in [3.63, 3.8) is 0 Å². The highest BCUT2D eigenvalue weighted by atomic mass is 35.5. The summed E-state index contributed by atoms with van der Waals surface area (Å²) in [5.41, 5.74) is 7.16. The van der Waals surface area contributed by atoms with E-state index in [9.17, 15) is 0 Å². The predicted molar refractivity (Wildman–Crippen MR) is 80.6 cm³/mol. The predicted octanol–water partition coefficient (Wildman–Crippen LogP) is 3.87. The van der Waals surface area contributed by atoms with Gasteiger partial charge in [0.2, 0.25) is 0 Å². The second-order valence-electron chi connectivity index (χ2n) is 4.21. The van der Waals surface area contributed by atoms with Crippen LogP contribution in [0, 0.1) is 0 Å². The molecule has 0 saturated heterocycles. The van der Waals surface area contributed by atoms with Crippen LogP contribution in [0.1, 0.15) is 18.0 Å². The molecule has 2 nitrogen and oxygen atoms in total. The van der Waals surface area contributed by atoms with Gasteiger partial charge in [0, 0.05) is 27.5 Å². The molecule has 0 saturated carbocycles. The molecule has 1 atom stereocenters. The number of benzene rings is 2. The van der Waals surface area contributed by atoms with Gasteiger partial charge >= 0.3 is 0 Å². The Morgan fingerprint density at radius 2 is 1.79 bits per heavy atom. The molecule has 4 heteroatoms. The van der Waals surface area contributed by atoms with E-state index < -0.39 is 0 Å². The number of nitrogens with two attached hydrogens (primary N) is 1. The van der Waals surface area contributed by atoms with E-state index in [1.165, 1.54) is 0 Å². The summed E-state index contributed by atoms with van der Waals surface area (Å²) in [6, 6.07) is 15.6. The Morgan fingerprint density at radius 1 is 1.11 bits per heavy atom. The van der Waals surface area contributed by atoms with E-state index in [4.69, 9.17) is 22.4 Å². The Hall–Kier alpha value is -1.00. The van der Waals surface area contributed by atoms with Crippen molar-refractivity contribution >= 4 is 23.4 Å². The fourth-order valence-electron chi connectivity index (χ4n) is 1.80. The molecule has 2 aromatic carbocycles. The second kappa shape index (κ2) is 6.96. The molecule has 19 heavy (non-hydrogen) atoms. The molecule has 0 fully saturated rings. The number of aliphatic hydroxyl groups excluding tert-OH is 1. The minimum Gasteiger partial charge on any atom is -0.396 e. The zero-order valence-electron chi connectivity index (χ0n) is 10.4. The lowest BCUT2D eigenvalue weighted by molar-refractivity contribution is 0.276. The quantitative estimate of drug-likeness (QED) is 0.879. The van der Waals surface area contributed by atoms with E-state index in [1.807, 2.05) is 48.5 Å². The average molecular weight is 294 g/mol. The number of rotatable bonds is 5. The third-order valence-corrected chi connectivity index (χ3v) is 4.15. The summed E-state index contributed by atoms with van der Waals surface area (Å²) >= 11 is 7.54. The van der Waals surface area contributed by atoms with Crippen LogP contribution in [0.3, 0.4) is 0 Å². The van der Waals surface area contributed by atoms with Gasteiger partial charge in [0.25, 0.3) is 0 Å².